The number of para-hydroxylation sites is 1. The third-order valence-electron chi connectivity index (χ3n) is 5.42. The fourth-order valence-electron chi connectivity index (χ4n) is 3.71. The first kappa shape index (κ1) is 31.3. The summed E-state index contributed by atoms with van der Waals surface area (Å²) >= 11 is 0. The highest BCUT2D eigenvalue weighted by atomic mass is 31.3. The first-order chi connectivity index (χ1) is 19.0. The SMILES string of the molecule is O=c1[nH]c(=O)n(Cc2cn(-c3ccccc3)nn2)cc1[C@@H]1O[C@H](COP(=O)(O)OP(=O)(O)OP(=O)(O)O)C(O)[C@@H]1O. The smallest absolute Gasteiger partial charge is 0.387 e. The van der Waals surface area contributed by atoms with Crippen LogP contribution >= 0.6 is 23.5 Å². The van der Waals surface area contributed by atoms with E-state index in [4.69, 9.17) is 14.5 Å². The number of nitrogens with zero attached hydrogens (tertiary/aromatic N) is 4. The van der Waals surface area contributed by atoms with E-state index in [1.54, 1.807) is 24.3 Å². The van der Waals surface area contributed by atoms with Crippen LogP contribution in [0.3, 0.4) is 0 Å². The molecular formula is C18H22N5O15P3. The molecule has 0 aliphatic carbocycles. The molecule has 3 unspecified atom stereocenters. The molecule has 7 N–H and O–H groups in total. The first-order valence-electron chi connectivity index (χ1n) is 11.1. The molecule has 1 fully saturated rings. The fraction of sp³-hybridized carbons (Fsp3) is 0.333. The van der Waals surface area contributed by atoms with Gasteiger partial charge in [-0.1, -0.05) is 23.4 Å². The van der Waals surface area contributed by atoms with Gasteiger partial charge in [-0.25, -0.2) is 23.2 Å². The zero-order chi connectivity index (χ0) is 30.2. The Morgan fingerprint density at radius 1 is 0.951 bits per heavy atom. The molecule has 6 atom stereocenters. The van der Waals surface area contributed by atoms with Crippen LogP contribution in [0.5, 0.6) is 0 Å². The van der Waals surface area contributed by atoms with Crippen molar-refractivity contribution >= 4 is 23.5 Å². The molecule has 1 saturated heterocycles. The number of phosphoric acid groups is 3. The molecule has 1 aromatic carbocycles. The summed E-state index contributed by atoms with van der Waals surface area (Å²) < 4.78 is 53.6. The number of phosphoric ester groups is 1. The molecule has 3 aromatic rings. The number of hydrogen-bond donors (Lipinski definition) is 7. The standard InChI is InChI=1S/C18H22N5O15P3/c24-14-13(9-35-40(31,32)38-41(33,34)37-39(28,29)30)36-16(15(14)25)12-8-22(18(27)19-17(12)26)6-10-7-23(21-20-10)11-4-2-1-3-5-11/h1-5,7-8,13-16,24-25H,6,9H2,(H,31,32)(H,33,34)(H,19,26,27)(H2,28,29,30)/t13-,14?,15+,16+/m1/s1. The Labute approximate surface area is 227 Å². The van der Waals surface area contributed by atoms with Crippen LogP contribution in [-0.4, -0.2) is 79.3 Å². The molecule has 0 amide bonds. The summed E-state index contributed by atoms with van der Waals surface area (Å²) in [4.78, 5) is 63.0. The number of aliphatic hydroxyl groups excluding tert-OH is 2. The van der Waals surface area contributed by atoms with Crippen molar-refractivity contribution in [3.63, 3.8) is 0 Å². The molecule has 1 aliphatic heterocycles. The summed E-state index contributed by atoms with van der Waals surface area (Å²) in [7, 11) is -17.0. The topological polar surface area (TPSA) is 295 Å². The number of H-pyrrole nitrogens is 1. The molecule has 1 aliphatic rings. The number of rotatable bonds is 11. The van der Waals surface area contributed by atoms with Crippen molar-refractivity contribution in [1.82, 2.24) is 24.5 Å². The number of aromatic nitrogens is 5. The van der Waals surface area contributed by atoms with E-state index in [9.17, 15) is 43.3 Å². The number of nitrogens with one attached hydrogen (secondary N) is 1. The third kappa shape index (κ3) is 8.00. The predicted molar refractivity (Wildman–Crippen MR) is 131 cm³/mol. The average molecular weight is 641 g/mol. The molecule has 0 radical (unpaired) electrons. The third-order valence-corrected chi connectivity index (χ3v) is 9.22. The van der Waals surface area contributed by atoms with Crippen molar-refractivity contribution in [2.45, 2.75) is 31.0 Å². The fourth-order valence-corrected chi connectivity index (χ4v) is 6.74. The van der Waals surface area contributed by atoms with Crippen LogP contribution in [0, 0.1) is 0 Å². The van der Waals surface area contributed by atoms with Gasteiger partial charge in [-0.15, -0.1) is 5.10 Å². The van der Waals surface area contributed by atoms with E-state index in [2.05, 4.69) is 23.5 Å². The summed E-state index contributed by atoms with van der Waals surface area (Å²) in [5.74, 6) is 0. The molecule has 2 aromatic heterocycles. The highest BCUT2D eigenvalue weighted by molar-refractivity contribution is 7.66. The molecular weight excluding hydrogens is 619 g/mol. The molecule has 0 bridgehead atoms. The van der Waals surface area contributed by atoms with E-state index in [0.717, 1.165) is 10.8 Å². The largest absolute Gasteiger partial charge is 0.490 e. The first-order valence-corrected chi connectivity index (χ1v) is 15.7. The maximum atomic E-state index is 12.5. The van der Waals surface area contributed by atoms with Crippen LogP contribution in [0.1, 0.15) is 17.4 Å². The molecule has 41 heavy (non-hydrogen) atoms. The van der Waals surface area contributed by atoms with Crippen molar-refractivity contribution in [3.05, 3.63) is 74.8 Å². The minimum absolute atomic E-state index is 0.170. The summed E-state index contributed by atoms with van der Waals surface area (Å²) in [5, 5.41) is 28.8. The van der Waals surface area contributed by atoms with Crippen LogP contribution < -0.4 is 11.2 Å². The van der Waals surface area contributed by atoms with E-state index in [-0.39, 0.29) is 12.1 Å². The van der Waals surface area contributed by atoms with E-state index in [1.807, 2.05) is 11.1 Å². The quantitative estimate of drug-likeness (QED) is 0.119. The Morgan fingerprint density at radius 2 is 1.63 bits per heavy atom. The molecule has 4 rings (SSSR count). The van der Waals surface area contributed by atoms with E-state index >= 15 is 0 Å². The van der Waals surface area contributed by atoms with Crippen molar-refractivity contribution in [3.8, 4) is 5.69 Å². The van der Waals surface area contributed by atoms with Gasteiger partial charge in [0.25, 0.3) is 5.56 Å². The lowest BCUT2D eigenvalue weighted by molar-refractivity contribution is -0.0228. The summed E-state index contributed by atoms with van der Waals surface area (Å²) in [6.07, 6.45) is -4.31. The number of ether oxygens (including phenoxy) is 1. The highest BCUT2D eigenvalue weighted by Crippen LogP contribution is 2.66. The predicted octanol–water partition coefficient (Wildman–Crippen LogP) is -1.33. The van der Waals surface area contributed by atoms with Crippen LogP contribution in [0.25, 0.3) is 5.69 Å². The Morgan fingerprint density at radius 3 is 2.29 bits per heavy atom. The lowest BCUT2D eigenvalue weighted by atomic mass is 10.0. The van der Waals surface area contributed by atoms with Gasteiger partial charge in [-0.05, 0) is 12.1 Å². The van der Waals surface area contributed by atoms with Gasteiger partial charge >= 0.3 is 29.2 Å². The number of aromatic amines is 1. The lowest BCUT2D eigenvalue weighted by Crippen LogP contribution is -2.36. The van der Waals surface area contributed by atoms with Gasteiger partial charge in [0.05, 0.1) is 30.6 Å². The minimum Gasteiger partial charge on any atom is -0.387 e. The molecule has 224 valence electrons. The van der Waals surface area contributed by atoms with E-state index < -0.39 is 65.7 Å². The van der Waals surface area contributed by atoms with Gasteiger partial charge in [0.15, 0.2) is 0 Å². The number of benzene rings is 1. The Balaban J connectivity index is 1.47. The van der Waals surface area contributed by atoms with Gasteiger partial charge < -0.3 is 34.5 Å². The molecule has 0 saturated carbocycles. The molecule has 20 nitrogen and oxygen atoms in total. The van der Waals surface area contributed by atoms with Crippen molar-refractivity contribution in [2.24, 2.45) is 0 Å². The van der Waals surface area contributed by atoms with Gasteiger partial charge in [0, 0.05) is 6.20 Å². The van der Waals surface area contributed by atoms with Gasteiger partial charge in [-0.3, -0.25) is 18.9 Å². The summed E-state index contributed by atoms with van der Waals surface area (Å²) in [6, 6.07) is 8.92. The summed E-state index contributed by atoms with van der Waals surface area (Å²) in [5.41, 5.74) is -1.14. The Bertz CT molecular complexity index is 1650. The molecule has 23 heteroatoms. The van der Waals surface area contributed by atoms with Crippen molar-refractivity contribution < 1.29 is 61.4 Å². The van der Waals surface area contributed by atoms with E-state index in [1.165, 1.54) is 10.9 Å². The highest BCUT2D eigenvalue weighted by Gasteiger charge is 2.47. The molecule has 3 heterocycles. The second kappa shape index (κ2) is 11.9. The summed E-state index contributed by atoms with van der Waals surface area (Å²) in [6.45, 7) is -1.26. The number of aliphatic hydroxyl groups is 2. The second-order valence-corrected chi connectivity index (χ2v) is 12.8. The monoisotopic (exact) mass is 641 g/mol. The Hall–Kier alpha value is -2.67. The molecule has 0 spiro atoms. The van der Waals surface area contributed by atoms with Gasteiger partial charge in [-0.2, -0.15) is 8.62 Å². The lowest BCUT2D eigenvalue weighted by Gasteiger charge is -2.19. The van der Waals surface area contributed by atoms with Gasteiger partial charge in [0.1, 0.15) is 30.1 Å². The van der Waals surface area contributed by atoms with Crippen molar-refractivity contribution in [1.29, 1.82) is 0 Å². The maximum Gasteiger partial charge on any atom is 0.490 e. The van der Waals surface area contributed by atoms with E-state index in [0.29, 0.717) is 11.4 Å². The zero-order valence-corrected chi connectivity index (χ0v) is 22.9. The van der Waals surface area contributed by atoms with Gasteiger partial charge in [0.2, 0.25) is 0 Å². The average Bonchev–Trinajstić information content (AvgIpc) is 3.43. The number of hydrogen-bond acceptors (Lipinski definition) is 13. The zero-order valence-electron chi connectivity index (χ0n) is 20.3. The van der Waals surface area contributed by atoms with Crippen LogP contribution in [0.2, 0.25) is 0 Å². The Kier molecular flexibility index (Phi) is 9.08. The normalized spacial score (nSPS) is 24.1. The second-order valence-electron chi connectivity index (χ2n) is 8.42. The van der Waals surface area contributed by atoms with Crippen LogP contribution in [0.4, 0.5) is 0 Å². The van der Waals surface area contributed by atoms with Crippen molar-refractivity contribution in [2.75, 3.05) is 6.61 Å². The minimum atomic E-state index is -5.79. The van der Waals surface area contributed by atoms with Crippen LogP contribution in [0.15, 0.2) is 52.3 Å². The maximum absolute atomic E-state index is 12.5. The van der Waals surface area contributed by atoms with Crippen LogP contribution in [-0.2, 0) is 38.1 Å².